The fraction of sp³-hybridized carbons (Fsp3) is 0.150. The maximum atomic E-state index is 12.3. The number of carbonyl (C=O) groups excluding carboxylic acids is 1. The van der Waals surface area contributed by atoms with E-state index in [9.17, 15) is 4.79 Å². The highest BCUT2D eigenvalue weighted by molar-refractivity contribution is 5.76. The predicted molar refractivity (Wildman–Crippen MR) is 98.4 cm³/mol. The third-order valence-corrected chi connectivity index (χ3v) is 4.06. The van der Waals surface area contributed by atoms with Crippen LogP contribution in [0.5, 0.6) is 5.88 Å². The van der Waals surface area contributed by atoms with Crippen LogP contribution in [0, 0.1) is 6.92 Å². The van der Waals surface area contributed by atoms with Crippen molar-refractivity contribution in [3.63, 3.8) is 0 Å². The van der Waals surface area contributed by atoms with Crippen LogP contribution >= 0.6 is 0 Å². The van der Waals surface area contributed by atoms with Crippen molar-refractivity contribution >= 4 is 17.0 Å². The lowest BCUT2D eigenvalue weighted by molar-refractivity contribution is -0.134. The Balaban J connectivity index is 1.53. The number of carbonyl (C=O) groups is 1. The van der Waals surface area contributed by atoms with E-state index in [1.54, 1.807) is 6.07 Å². The van der Waals surface area contributed by atoms with E-state index in [4.69, 9.17) is 4.74 Å². The molecule has 6 heteroatoms. The summed E-state index contributed by atoms with van der Waals surface area (Å²) in [6.45, 7) is 1.85. The second kappa shape index (κ2) is 6.84. The molecule has 0 aliphatic heterocycles. The lowest BCUT2D eigenvalue weighted by atomic mass is 10.1. The second-order valence-corrected chi connectivity index (χ2v) is 6.07. The quantitative estimate of drug-likeness (QED) is 0.561. The Hall–Kier alpha value is -3.41. The highest BCUT2D eigenvalue weighted by atomic mass is 16.5. The highest BCUT2D eigenvalue weighted by Gasteiger charge is 2.16. The molecule has 0 atom stereocenters. The molecule has 4 rings (SSSR count). The first-order chi connectivity index (χ1) is 12.7. The van der Waals surface area contributed by atoms with Gasteiger partial charge in [-0.1, -0.05) is 42.5 Å². The molecule has 2 aromatic carbocycles. The third-order valence-electron chi connectivity index (χ3n) is 4.06. The molecule has 26 heavy (non-hydrogen) atoms. The van der Waals surface area contributed by atoms with E-state index >= 15 is 0 Å². The Morgan fingerprint density at radius 2 is 1.88 bits per heavy atom. The van der Waals surface area contributed by atoms with Crippen molar-refractivity contribution in [3.8, 4) is 11.8 Å². The van der Waals surface area contributed by atoms with Gasteiger partial charge in [0.2, 0.25) is 11.8 Å². The summed E-state index contributed by atoms with van der Waals surface area (Å²) in [7, 11) is 0. The Bertz CT molecular complexity index is 1020. The smallest absolute Gasteiger partial charge is 0.312 e. The number of aromatic nitrogens is 4. The number of ether oxygens (including phenoxy) is 1. The number of hydrogen-bond acceptors (Lipinski definition) is 4. The topological polar surface area (TPSA) is 72.8 Å². The van der Waals surface area contributed by atoms with Gasteiger partial charge in [0, 0.05) is 6.07 Å². The van der Waals surface area contributed by atoms with Crippen molar-refractivity contribution in [1.82, 2.24) is 19.7 Å². The van der Waals surface area contributed by atoms with Crippen LogP contribution in [0.15, 0.2) is 60.7 Å². The first kappa shape index (κ1) is 16.1. The standard InChI is InChI=1S/C20H18N4O2/c1-14-13-18(26-19(25)12-11-15-7-3-2-4-8-15)24(23-14)20-21-16-9-5-6-10-17(16)22-20/h2-10,13H,11-12H2,1H3,(H,21,22). The number of rotatable bonds is 5. The summed E-state index contributed by atoms with van der Waals surface area (Å²) in [6.07, 6.45) is 0.936. The zero-order valence-electron chi connectivity index (χ0n) is 14.3. The van der Waals surface area contributed by atoms with Crippen molar-refractivity contribution in [2.45, 2.75) is 19.8 Å². The minimum absolute atomic E-state index is 0.300. The van der Waals surface area contributed by atoms with Crippen molar-refractivity contribution < 1.29 is 9.53 Å². The number of para-hydroxylation sites is 2. The molecule has 0 amide bonds. The molecule has 0 radical (unpaired) electrons. The van der Waals surface area contributed by atoms with Gasteiger partial charge in [-0.2, -0.15) is 9.78 Å². The summed E-state index contributed by atoms with van der Waals surface area (Å²) in [5.41, 5.74) is 3.58. The molecule has 2 heterocycles. The Morgan fingerprint density at radius 1 is 1.12 bits per heavy atom. The van der Waals surface area contributed by atoms with Gasteiger partial charge in [0.05, 0.1) is 23.1 Å². The Kier molecular flexibility index (Phi) is 4.23. The fourth-order valence-corrected chi connectivity index (χ4v) is 2.80. The van der Waals surface area contributed by atoms with Gasteiger partial charge in [0.25, 0.3) is 0 Å². The van der Waals surface area contributed by atoms with Gasteiger partial charge in [-0.25, -0.2) is 4.98 Å². The van der Waals surface area contributed by atoms with Crippen LogP contribution in [0.25, 0.3) is 17.0 Å². The lowest BCUT2D eigenvalue weighted by Crippen LogP contribution is -2.12. The van der Waals surface area contributed by atoms with Crippen molar-refractivity contribution in [3.05, 3.63) is 71.9 Å². The second-order valence-electron chi connectivity index (χ2n) is 6.07. The van der Waals surface area contributed by atoms with Gasteiger partial charge in [-0.15, -0.1) is 0 Å². The molecule has 6 nitrogen and oxygen atoms in total. The summed E-state index contributed by atoms with van der Waals surface area (Å²) in [4.78, 5) is 20.0. The summed E-state index contributed by atoms with van der Waals surface area (Å²) in [5, 5.41) is 4.39. The molecular formula is C20H18N4O2. The van der Waals surface area contributed by atoms with Crippen LogP contribution in [-0.4, -0.2) is 25.7 Å². The zero-order chi connectivity index (χ0) is 17.9. The summed E-state index contributed by atoms with van der Waals surface area (Å²) in [6, 6.07) is 19.3. The molecule has 4 aromatic rings. The molecule has 0 saturated heterocycles. The minimum Gasteiger partial charge on any atom is -0.407 e. The number of imidazole rings is 1. The molecule has 0 aliphatic carbocycles. The third kappa shape index (κ3) is 3.35. The summed E-state index contributed by atoms with van der Waals surface area (Å²) >= 11 is 0. The van der Waals surface area contributed by atoms with E-state index in [2.05, 4.69) is 15.1 Å². The van der Waals surface area contributed by atoms with E-state index < -0.39 is 0 Å². The van der Waals surface area contributed by atoms with Gasteiger partial charge < -0.3 is 9.72 Å². The van der Waals surface area contributed by atoms with Crippen LogP contribution in [0.3, 0.4) is 0 Å². The molecular weight excluding hydrogens is 328 g/mol. The highest BCUT2D eigenvalue weighted by Crippen LogP contribution is 2.20. The van der Waals surface area contributed by atoms with Crippen molar-refractivity contribution in [2.24, 2.45) is 0 Å². The number of esters is 1. The number of aromatic amines is 1. The number of fused-ring (bicyclic) bond motifs is 1. The SMILES string of the molecule is Cc1cc(OC(=O)CCc2ccccc2)n(-c2nc3ccccc3[nH]2)n1. The minimum atomic E-state index is -0.300. The van der Waals surface area contributed by atoms with Crippen LogP contribution in [0.4, 0.5) is 0 Å². The predicted octanol–water partition coefficient (Wildman–Crippen LogP) is 3.60. The van der Waals surface area contributed by atoms with Crippen molar-refractivity contribution in [2.75, 3.05) is 0 Å². The van der Waals surface area contributed by atoms with E-state index in [0.29, 0.717) is 24.7 Å². The summed E-state index contributed by atoms with van der Waals surface area (Å²) in [5.74, 6) is 0.580. The van der Waals surface area contributed by atoms with Crippen LogP contribution < -0.4 is 4.74 Å². The normalized spacial score (nSPS) is 11.0. The van der Waals surface area contributed by atoms with Crippen LogP contribution in [0.1, 0.15) is 17.7 Å². The molecule has 2 aromatic heterocycles. The van der Waals surface area contributed by atoms with Gasteiger partial charge in [-0.05, 0) is 31.0 Å². The van der Waals surface area contributed by atoms with E-state index in [1.807, 2.05) is 61.5 Å². The zero-order valence-corrected chi connectivity index (χ0v) is 14.3. The van der Waals surface area contributed by atoms with Gasteiger partial charge in [0.15, 0.2) is 0 Å². The molecule has 0 bridgehead atoms. The molecule has 0 unspecified atom stereocenters. The Morgan fingerprint density at radius 3 is 2.69 bits per heavy atom. The molecule has 0 aliphatic rings. The summed E-state index contributed by atoms with van der Waals surface area (Å²) < 4.78 is 7.06. The maximum absolute atomic E-state index is 12.3. The molecule has 0 fully saturated rings. The number of nitrogens with zero attached hydrogens (tertiary/aromatic N) is 3. The largest absolute Gasteiger partial charge is 0.407 e. The van der Waals surface area contributed by atoms with Gasteiger partial charge in [0.1, 0.15) is 0 Å². The average Bonchev–Trinajstić information content (AvgIpc) is 3.24. The monoisotopic (exact) mass is 346 g/mol. The molecule has 1 N–H and O–H groups in total. The van der Waals surface area contributed by atoms with E-state index in [1.165, 1.54) is 4.68 Å². The maximum Gasteiger partial charge on any atom is 0.312 e. The molecule has 0 saturated carbocycles. The van der Waals surface area contributed by atoms with Crippen molar-refractivity contribution in [1.29, 1.82) is 0 Å². The first-order valence-electron chi connectivity index (χ1n) is 8.45. The number of benzene rings is 2. The van der Waals surface area contributed by atoms with E-state index in [-0.39, 0.29) is 5.97 Å². The Labute approximate surface area is 150 Å². The number of H-pyrrole nitrogens is 1. The number of nitrogens with one attached hydrogen (secondary N) is 1. The first-order valence-corrected chi connectivity index (χ1v) is 8.45. The number of hydrogen-bond donors (Lipinski definition) is 1. The molecule has 0 spiro atoms. The van der Waals surface area contributed by atoms with Gasteiger partial charge >= 0.3 is 5.97 Å². The van der Waals surface area contributed by atoms with Crippen LogP contribution in [0.2, 0.25) is 0 Å². The van der Waals surface area contributed by atoms with E-state index in [0.717, 1.165) is 22.3 Å². The fourth-order valence-electron chi connectivity index (χ4n) is 2.80. The number of aryl methyl sites for hydroxylation is 2. The molecule has 130 valence electrons. The average molecular weight is 346 g/mol. The van der Waals surface area contributed by atoms with Crippen LogP contribution in [-0.2, 0) is 11.2 Å². The lowest BCUT2D eigenvalue weighted by Gasteiger charge is -2.05. The van der Waals surface area contributed by atoms with Gasteiger partial charge in [-0.3, -0.25) is 4.79 Å².